The number of rotatable bonds is 6. The molecule has 1 aromatic carbocycles. The lowest BCUT2D eigenvalue weighted by atomic mass is 9.97. The SMILES string of the molecule is Cc1nn(C(C)C)cc1C(=O)Nc1nc(-c2ccc3c(c2)CCC(=O)N3Cc2cccnn2)cs1. The van der Waals surface area contributed by atoms with Crippen molar-refractivity contribution in [2.45, 2.75) is 46.2 Å². The highest BCUT2D eigenvalue weighted by atomic mass is 32.1. The van der Waals surface area contributed by atoms with Gasteiger partial charge in [-0.15, -0.1) is 11.3 Å². The van der Waals surface area contributed by atoms with Crippen LogP contribution in [0.5, 0.6) is 0 Å². The number of benzene rings is 1. The number of carbonyl (C=O) groups is 2. The molecule has 0 unspecified atom stereocenters. The molecule has 35 heavy (non-hydrogen) atoms. The smallest absolute Gasteiger partial charge is 0.260 e. The van der Waals surface area contributed by atoms with E-state index in [9.17, 15) is 9.59 Å². The zero-order valence-corrected chi connectivity index (χ0v) is 20.5. The van der Waals surface area contributed by atoms with Crippen molar-refractivity contribution in [3.8, 4) is 11.3 Å². The molecule has 0 radical (unpaired) electrons. The summed E-state index contributed by atoms with van der Waals surface area (Å²) in [4.78, 5) is 31.8. The van der Waals surface area contributed by atoms with E-state index in [4.69, 9.17) is 0 Å². The number of nitrogens with zero attached hydrogens (tertiary/aromatic N) is 6. The Balaban J connectivity index is 1.34. The molecular weight excluding hydrogens is 462 g/mol. The van der Waals surface area contributed by atoms with Crippen LogP contribution in [0.2, 0.25) is 0 Å². The minimum atomic E-state index is -0.223. The Morgan fingerprint density at radius 3 is 2.83 bits per heavy atom. The first-order valence-corrected chi connectivity index (χ1v) is 12.3. The molecule has 4 heterocycles. The third-order valence-electron chi connectivity index (χ3n) is 5.94. The highest BCUT2D eigenvalue weighted by Gasteiger charge is 2.25. The molecular formula is C25H25N7O2S. The van der Waals surface area contributed by atoms with E-state index in [1.54, 1.807) is 22.0 Å². The molecule has 0 bridgehead atoms. The summed E-state index contributed by atoms with van der Waals surface area (Å²) >= 11 is 1.38. The molecule has 0 spiro atoms. The van der Waals surface area contributed by atoms with Crippen LogP contribution in [0.1, 0.15) is 53.6 Å². The number of carbonyl (C=O) groups excluding carboxylic acids is 2. The van der Waals surface area contributed by atoms with Crippen LogP contribution in [0.4, 0.5) is 10.8 Å². The van der Waals surface area contributed by atoms with Crippen molar-refractivity contribution in [3.05, 3.63) is 70.6 Å². The van der Waals surface area contributed by atoms with Crippen LogP contribution >= 0.6 is 11.3 Å². The average Bonchev–Trinajstić information content (AvgIpc) is 3.48. The summed E-state index contributed by atoms with van der Waals surface area (Å²) in [5.74, 6) is -0.149. The fraction of sp³-hybridized carbons (Fsp3) is 0.280. The number of aryl methyl sites for hydroxylation is 2. The second-order valence-corrected chi connectivity index (χ2v) is 9.59. The normalized spacial score (nSPS) is 13.3. The average molecular weight is 488 g/mol. The summed E-state index contributed by atoms with van der Waals surface area (Å²) in [6, 6.07) is 9.85. The van der Waals surface area contributed by atoms with E-state index < -0.39 is 0 Å². The van der Waals surface area contributed by atoms with Crippen molar-refractivity contribution < 1.29 is 9.59 Å². The summed E-state index contributed by atoms with van der Waals surface area (Å²) in [6.45, 7) is 6.25. The molecule has 1 aliphatic rings. The first kappa shape index (κ1) is 22.9. The van der Waals surface area contributed by atoms with E-state index in [0.717, 1.165) is 28.2 Å². The standard InChI is InChI=1S/C25H25N7O2S/c1-15(2)32-13-20(16(3)30-32)24(34)28-25-27-21(14-35-25)17-6-8-22-18(11-17)7-9-23(33)31(22)12-19-5-4-10-26-29-19/h4-6,8,10-11,13-15H,7,9,12H2,1-3H3,(H,27,28,34). The monoisotopic (exact) mass is 487 g/mol. The second-order valence-electron chi connectivity index (χ2n) is 8.73. The largest absolute Gasteiger partial charge is 0.306 e. The van der Waals surface area contributed by atoms with Gasteiger partial charge in [0.15, 0.2) is 5.13 Å². The van der Waals surface area contributed by atoms with E-state index in [-0.39, 0.29) is 17.9 Å². The lowest BCUT2D eigenvalue weighted by Gasteiger charge is -2.29. The summed E-state index contributed by atoms with van der Waals surface area (Å²) in [7, 11) is 0. The Morgan fingerprint density at radius 2 is 2.09 bits per heavy atom. The van der Waals surface area contributed by atoms with E-state index >= 15 is 0 Å². The number of fused-ring (bicyclic) bond motifs is 1. The molecule has 2 amide bonds. The van der Waals surface area contributed by atoms with Gasteiger partial charge in [-0.05, 0) is 57.0 Å². The Hall–Kier alpha value is -3.92. The van der Waals surface area contributed by atoms with E-state index in [1.807, 2.05) is 50.4 Å². The fourth-order valence-electron chi connectivity index (χ4n) is 4.07. The number of thiazole rings is 1. The number of hydrogen-bond donors (Lipinski definition) is 1. The fourth-order valence-corrected chi connectivity index (χ4v) is 4.78. The maximum atomic E-state index is 12.8. The van der Waals surface area contributed by atoms with Crippen LogP contribution in [-0.2, 0) is 17.8 Å². The van der Waals surface area contributed by atoms with Crippen LogP contribution in [0, 0.1) is 6.92 Å². The highest BCUT2D eigenvalue weighted by Crippen LogP contribution is 2.34. The Morgan fingerprint density at radius 1 is 1.23 bits per heavy atom. The molecule has 3 aromatic heterocycles. The molecule has 178 valence electrons. The van der Waals surface area contributed by atoms with Gasteiger partial charge in [0.25, 0.3) is 5.91 Å². The van der Waals surface area contributed by atoms with Gasteiger partial charge in [-0.3, -0.25) is 19.6 Å². The van der Waals surface area contributed by atoms with Crippen molar-refractivity contribution in [1.82, 2.24) is 25.0 Å². The van der Waals surface area contributed by atoms with Gasteiger partial charge < -0.3 is 4.90 Å². The van der Waals surface area contributed by atoms with Crippen molar-refractivity contribution in [2.24, 2.45) is 0 Å². The van der Waals surface area contributed by atoms with Gasteiger partial charge in [0, 0.05) is 41.5 Å². The number of hydrogen-bond acceptors (Lipinski definition) is 7. The molecule has 5 rings (SSSR count). The van der Waals surface area contributed by atoms with Gasteiger partial charge in [0.1, 0.15) is 0 Å². The molecule has 0 aliphatic carbocycles. The van der Waals surface area contributed by atoms with E-state index in [2.05, 4.69) is 31.7 Å². The zero-order chi connectivity index (χ0) is 24.5. The van der Waals surface area contributed by atoms with Gasteiger partial charge in [-0.2, -0.15) is 15.3 Å². The summed E-state index contributed by atoms with van der Waals surface area (Å²) in [5, 5.41) is 17.8. The number of aromatic nitrogens is 5. The van der Waals surface area contributed by atoms with Gasteiger partial charge in [0.05, 0.1) is 29.2 Å². The second kappa shape index (κ2) is 9.38. The third kappa shape index (κ3) is 4.69. The maximum Gasteiger partial charge on any atom is 0.260 e. The predicted molar refractivity (Wildman–Crippen MR) is 134 cm³/mol. The molecule has 9 nitrogen and oxygen atoms in total. The van der Waals surface area contributed by atoms with Crippen LogP contribution in [0.3, 0.4) is 0 Å². The Bertz CT molecular complexity index is 1390. The Kier molecular flexibility index (Phi) is 6.12. The zero-order valence-electron chi connectivity index (χ0n) is 19.7. The molecule has 1 aliphatic heterocycles. The van der Waals surface area contributed by atoms with Crippen LogP contribution in [-0.4, -0.2) is 36.8 Å². The minimum Gasteiger partial charge on any atom is -0.306 e. The molecule has 1 N–H and O–H groups in total. The van der Waals surface area contributed by atoms with Crippen LogP contribution in [0.15, 0.2) is 48.1 Å². The highest BCUT2D eigenvalue weighted by molar-refractivity contribution is 7.14. The number of nitrogens with one attached hydrogen (secondary N) is 1. The number of amides is 2. The molecule has 0 atom stereocenters. The third-order valence-corrected chi connectivity index (χ3v) is 6.70. The van der Waals surface area contributed by atoms with Crippen LogP contribution < -0.4 is 10.2 Å². The van der Waals surface area contributed by atoms with Crippen molar-refractivity contribution in [3.63, 3.8) is 0 Å². The molecule has 10 heteroatoms. The summed E-state index contributed by atoms with van der Waals surface area (Å²) in [6.07, 6.45) is 4.50. The van der Waals surface area contributed by atoms with E-state index in [1.165, 1.54) is 11.3 Å². The molecule has 4 aromatic rings. The van der Waals surface area contributed by atoms with Crippen molar-refractivity contribution in [2.75, 3.05) is 10.2 Å². The van der Waals surface area contributed by atoms with Gasteiger partial charge in [0.2, 0.25) is 5.91 Å². The molecule has 0 saturated heterocycles. The Labute approximate surface area is 206 Å². The first-order chi connectivity index (χ1) is 16.9. The summed E-state index contributed by atoms with van der Waals surface area (Å²) < 4.78 is 1.78. The summed E-state index contributed by atoms with van der Waals surface area (Å²) in [5.41, 5.74) is 5.66. The predicted octanol–water partition coefficient (Wildman–Crippen LogP) is 4.42. The number of anilines is 2. The minimum absolute atomic E-state index is 0.0747. The lowest BCUT2D eigenvalue weighted by Crippen LogP contribution is -2.34. The first-order valence-electron chi connectivity index (χ1n) is 11.4. The quantitative estimate of drug-likeness (QED) is 0.432. The molecule has 0 fully saturated rings. The van der Waals surface area contributed by atoms with Crippen molar-refractivity contribution in [1.29, 1.82) is 0 Å². The lowest BCUT2D eigenvalue weighted by molar-refractivity contribution is -0.119. The molecule has 0 saturated carbocycles. The van der Waals surface area contributed by atoms with Crippen molar-refractivity contribution >= 4 is 34.0 Å². The van der Waals surface area contributed by atoms with E-state index in [0.29, 0.717) is 35.8 Å². The maximum absolute atomic E-state index is 12.8. The van der Waals surface area contributed by atoms with Crippen LogP contribution in [0.25, 0.3) is 11.3 Å². The topological polar surface area (TPSA) is 106 Å². The van der Waals surface area contributed by atoms with Gasteiger partial charge in [-0.25, -0.2) is 4.98 Å². The van der Waals surface area contributed by atoms with Gasteiger partial charge >= 0.3 is 0 Å². The van der Waals surface area contributed by atoms with Gasteiger partial charge in [-0.1, -0.05) is 6.07 Å².